The van der Waals surface area contributed by atoms with Crippen LogP contribution in [0.25, 0.3) is 5.78 Å². The van der Waals surface area contributed by atoms with Crippen LogP contribution in [0.2, 0.25) is 0 Å². The van der Waals surface area contributed by atoms with Crippen molar-refractivity contribution in [2.45, 2.75) is 13.8 Å². The van der Waals surface area contributed by atoms with Gasteiger partial charge < -0.3 is 10.1 Å². The molecule has 0 fully saturated rings. The number of anilines is 1. The maximum atomic E-state index is 12.0. The van der Waals surface area contributed by atoms with E-state index in [0.717, 1.165) is 15.7 Å². The Morgan fingerprint density at radius 2 is 2.08 bits per heavy atom. The predicted molar refractivity (Wildman–Crippen MR) is 93.3 cm³/mol. The van der Waals surface area contributed by atoms with Gasteiger partial charge in [-0.3, -0.25) is 4.79 Å². The van der Waals surface area contributed by atoms with Gasteiger partial charge in [-0.15, -0.1) is 5.10 Å². The molecule has 0 saturated carbocycles. The lowest BCUT2D eigenvalue weighted by atomic mass is 10.2. The fourth-order valence-corrected chi connectivity index (χ4v) is 2.69. The molecule has 0 aliphatic heterocycles. The van der Waals surface area contributed by atoms with Crippen molar-refractivity contribution in [1.29, 1.82) is 0 Å². The number of aryl methyl sites for hydroxylation is 2. The third kappa shape index (κ3) is 3.82. The highest BCUT2D eigenvalue weighted by molar-refractivity contribution is 9.10. The zero-order valence-electron chi connectivity index (χ0n) is 13.5. The Balaban J connectivity index is 1.63. The van der Waals surface area contributed by atoms with E-state index < -0.39 is 18.5 Å². The van der Waals surface area contributed by atoms with Gasteiger partial charge in [0.05, 0.1) is 5.69 Å². The zero-order chi connectivity index (χ0) is 18.0. The Morgan fingerprint density at radius 3 is 2.80 bits per heavy atom. The van der Waals surface area contributed by atoms with Gasteiger partial charge in [-0.1, -0.05) is 6.07 Å². The molecular formula is C16H14BrN5O3. The van der Waals surface area contributed by atoms with Gasteiger partial charge >= 0.3 is 5.97 Å². The Hall–Kier alpha value is -2.81. The van der Waals surface area contributed by atoms with Crippen LogP contribution in [0, 0.1) is 13.8 Å². The van der Waals surface area contributed by atoms with Crippen LogP contribution in [-0.2, 0) is 9.53 Å². The molecule has 0 atom stereocenters. The van der Waals surface area contributed by atoms with Gasteiger partial charge in [-0.05, 0) is 53.5 Å². The Bertz CT molecular complexity index is 970. The summed E-state index contributed by atoms with van der Waals surface area (Å²) in [5.41, 5.74) is 2.42. The average molecular weight is 404 g/mol. The van der Waals surface area contributed by atoms with Crippen LogP contribution in [-0.4, -0.2) is 38.1 Å². The number of nitrogens with zero attached hydrogens (tertiary/aromatic N) is 4. The molecule has 0 bridgehead atoms. The second-order valence-electron chi connectivity index (χ2n) is 5.34. The molecule has 8 nitrogen and oxygen atoms in total. The number of esters is 1. The molecule has 0 aliphatic carbocycles. The summed E-state index contributed by atoms with van der Waals surface area (Å²) in [7, 11) is 0. The number of nitrogens with one attached hydrogen (secondary N) is 1. The number of hydrogen-bond donors (Lipinski definition) is 1. The van der Waals surface area contributed by atoms with Crippen LogP contribution in [0.5, 0.6) is 0 Å². The minimum atomic E-state index is -0.789. The molecule has 2 aromatic heterocycles. The molecule has 1 amide bonds. The van der Waals surface area contributed by atoms with Crippen LogP contribution < -0.4 is 5.32 Å². The van der Waals surface area contributed by atoms with Gasteiger partial charge in [-0.2, -0.15) is 4.98 Å². The number of carbonyl (C=O) groups excluding carboxylic acids is 2. The molecule has 0 spiro atoms. The molecule has 3 aromatic rings. The van der Waals surface area contributed by atoms with Crippen molar-refractivity contribution in [3.8, 4) is 0 Å². The smallest absolute Gasteiger partial charge is 0.378 e. The quantitative estimate of drug-likeness (QED) is 0.671. The molecule has 0 unspecified atom stereocenters. The van der Waals surface area contributed by atoms with E-state index in [2.05, 4.69) is 36.3 Å². The minimum Gasteiger partial charge on any atom is -0.450 e. The van der Waals surface area contributed by atoms with Crippen molar-refractivity contribution >= 4 is 39.3 Å². The Kier molecular flexibility index (Phi) is 4.75. The molecule has 2 heterocycles. The standard InChI is InChI=1S/C16H14BrN5O3/c1-9-3-4-12(11(17)7-9)19-13(23)8-25-15(24)14-20-16-18-6-5-10(2)22(16)21-14/h3-7H,8H2,1-2H3,(H,19,23). The molecule has 25 heavy (non-hydrogen) atoms. The highest BCUT2D eigenvalue weighted by Crippen LogP contribution is 2.23. The summed E-state index contributed by atoms with van der Waals surface area (Å²) in [5.74, 6) is -1.11. The number of rotatable bonds is 4. The van der Waals surface area contributed by atoms with Crippen LogP contribution in [0.1, 0.15) is 21.9 Å². The fourth-order valence-electron chi connectivity index (χ4n) is 2.10. The fraction of sp³-hybridized carbons (Fsp3) is 0.188. The maximum absolute atomic E-state index is 12.0. The molecule has 1 N–H and O–H groups in total. The third-order valence-corrected chi connectivity index (χ3v) is 4.00. The summed E-state index contributed by atoms with van der Waals surface area (Å²) in [6.07, 6.45) is 1.57. The van der Waals surface area contributed by atoms with Crippen LogP contribution in [0.15, 0.2) is 34.9 Å². The lowest BCUT2D eigenvalue weighted by Gasteiger charge is -2.08. The molecule has 1 aromatic carbocycles. The Labute approximate surface area is 151 Å². The number of halogens is 1. The van der Waals surface area contributed by atoms with E-state index in [9.17, 15) is 9.59 Å². The molecule has 0 aliphatic rings. The van der Waals surface area contributed by atoms with Crippen molar-refractivity contribution < 1.29 is 14.3 Å². The average Bonchev–Trinajstić information content (AvgIpc) is 3.01. The van der Waals surface area contributed by atoms with E-state index in [0.29, 0.717) is 11.5 Å². The molecule has 128 valence electrons. The lowest BCUT2D eigenvalue weighted by molar-refractivity contribution is -0.119. The van der Waals surface area contributed by atoms with Crippen LogP contribution in [0.4, 0.5) is 5.69 Å². The topological polar surface area (TPSA) is 98.5 Å². The van der Waals surface area contributed by atoms with E-state index in [-0.39, 0.29) is 5.82 Å². The molecular weight excluding hydrogens is 390 g/mol. The van der Waals surface area contributed by atoms with Crippen molar-refractivity contribution in [2.24, 2.45) is 0 Å². The summed E-state index contributed by atoms with van der Waals surface area (Å²) in [4.78, 5) is 32.0. The van der Waals surface area contributed by atoms with Crippen LogP contribution >= 0.6 is 15.9 Å². The number of aromatic nitrogens is 4. The normalized spacial score (nSPS) is 10.7. The number of hydrogen-bond acceptors (Lipinski definition) is 6. The minimum absolute atomic E-state index is 0.147. The molecule has 0 saturated heterocycles. The molecule has 3 rings (SSSR count). The monoisotopic (exact) mass is 403 g/mol. The van der Waals surface area contributed by atoms with E-state index in [1.54, 1.807) is 18.3 Å². The van der Waals surface area contributed by atoms with Gasteiger partial charge in [0, 0.05) is 16.4 Å². The second kappa shape index (κ2) is 6.98. The van der Waals surface area contributed by atoms with Crippen molar-refractivity contribution in [1.82, 2.24) is 19.6 Å². The summed E-state index contributed by atoms with van der Waals surface area (Å²) < 4.78 is 7.14. The number of benzene rings is 1. The van der Waals surface area contributed by atoms with Crippen LogP contribution in [0.3, 0.4) is 0 Å². The number of ether oxygens (including phenoxy) is 1. The van der Waals surface area contributed by atoms with Crippen molar-refractivity contribution in [3.63, 3.8) is 0 Å². The van der Waals surface area contributed by atoms with Gasteiger partial charge in [0.15, 0.2) is 6.61 Å². The van der Waals surface area contributed by atoms with E-state index in [4.69, 9.17) is 4.74 Å². The second-order valence-corrected chi connectivity index (χ2v) is 6.20. The van der Waals surface area contributed by atoms with Crippen molar-refractivity contribution in [2.75, 3.05) is 11.9 Å². The number of carbonyl (C=O) groups is 2. The SMILES string of the molecule is Cc1ccc(NC(=O)COC(=O)c2nc3nccc(C)n3n2)c(Br)c1. The first kappa shape index (κ1) is 17.0. The summed E-state index contributed by atoms with van der Waals surface area (Å²) >= 11 is 3.37. The largest absolute Gasteiger partial charge is 0.450 e. The van der Waals surface area contributed by atoms with Gasteiger partial charge in [0.25, 0.3) is 17.5 Å². The van der Waals surface area contributed by atoms with Gasteiger partial charge in [0.2, 0.25) is 0 Å². The van der Waals surface area contributed by atoms with Crippen molar-refractivity contribution in [3.05, 3.63) is 52.0 Å². The van der Waals surface area contributed by atoms with Gasteiger partial charge in [-0.25, -0.2) is 14.3 Å². The number of amides is 1. The van der Waals surface area contributed by atoms with E-state index in [1.165, 1.54) is 4.52 Å². The lowest BCUT2D eigenvalue weighted by Crippen LogP contribution is -2.21. The zero-order valence-corrected chi connectivity index (χ0v) is 15.1. The van der Waals surface area contributed by atoms with E-state index in [1.807, 2.05) is 26.0 Å². The number of fused-ring (bicyclic) bond motifs is 1. The summed E-state index contributed by atoms with van der Waals surface area (Å²) in [6.45, 7) is 3.31. The van der Waals surface area contributed by atoms with Gasteiger partial charge in [0.1, 0.15) is 0 Å². The first-order valence-corrected chi connectivity index (χ1v) is 8.15. The molecule has 0 radical (unpaired) electrons. The highest BCUT2D eigenvalue weighted by Gasteiger charge is 2.17. The summed E-state index contributed by atoms with van der Waals surface area (Å²) in [6, 6.07) is 7.24. The third-order valence-electron chi connectivity index (χ3n) is 3.35. The maximum Gasteiger partial charge on any atom is 0.378 e. The van der Waals surface area contributed by atoms with E-state index >= 15 is 0 Å². The summed E-state index contributed by atoms with van der Waals surface area (Å²) in [5, 5.41) is 6.69. The first-order chi connectivity index (χ1) is 11.9. The highest BCUT2D eigenvalue weighted by atomic mass is 79.9. The first-order valence-electron chi connectivity index (χ1n) is 7.35. The Morgan fingerprint density at radius 1 is 1.28 bits per heavy atom. The predicted octanol–water partition coefficient (Wildman–Crippen LogP) is 2.30. The molecule has 9 heteroatoms.